The van der Waals surface area contributed by atoms with Crippen molar-refractivity contribution in [1.29, 1.82) is 0 Å². The average molecular weight is 196 g/mol. The summed E-state index contributed by atoms with van der Waals surface area (Å²) in [5.74, 6) is 0.882. The fraction of sp³-hybridized carbons (Fsp3) is 1.00. The van der Waals surface area contributed by atoms with Crippen LogP contribution in [0, 0.1) is 5.92 Å². The van der Waals surface area contributed by atoms with Crippen LogP contribution in [0.4, 0.5) is 0 Å². The molecule has 82 valence electrons. The van der Waals surface area contributed by atoms with Gasteiger partial charge in [-0.2, -0.15) is 0 Å². The normalized spacial score (nSPS) is 37.3. The minimum atomic E-state index is 0.882. The molecule has 2 saturated heterocycles. The summed E-state index contributed by atoms with van der Waals surface area (Å²) < 4.78 is 0. The molecule has 2 nitrogen and oxygen atoms in total. The van der Waals surface area contributed by atoms with E-state index in [1.165, 1.54) is 51.9 Å². The number of nitrogens with zero attached hydrogens (tertiary/aromatic N) is 2. The molecule has 0 aromatic heterocycles. The fourth-order valence-corrected chi connectivity index (χ4v) is 3.09. The van der Waals surface area contributed by atoms with Crippen LogP contribution < -0.4 is 0 Å². The Kier molecular flexibility index (Phi) is 3.45. The first-order valence-electron chi connectivity index (χ1n) is 6.18. The molecule has 14 heavy (non-hydrogen) atoms. The molecule has 0 radical (unpaired) electrons. The van der Waals surface area contributed by atoms with Gasteiger partial charge in [-0.05, 0) is 58.3 Å². The lowest BCUT2D eigenvalue weighted by Crippen LogP contribution is -2.34. The topological polar surface area (TPSA) is 6.48 Å². The van der Waals surface area contributed by atoms with E-state index in [-0.39, 0.29) is 0 Å². The molecule has 2 rings (SSSR count). The van der Waals surface area contributed by atoms with E-state index in [0.717, 1.165) is 12.0 Å². The van der Waals surface area contributed by atoms with E-state index < -0.39 is 0 Å². The molecule has 2 aliphatic rings. The van der Waals surface area contributed by atoms with Crippen molar-refractivity contribution in [3.8, 4) is 0 Å². The first-order valence-corrected chi connectivity index (χ1v) is 6.18. The first kappa shape index (κ1) is 10.4. The van der Waals surface area contributed by atoms with Gasteiger partial charge in [-0.3, -0.25) is 0 Å². The number of likely N-dealkylation sites (tertiary alicyclic amines) is 2. The van der Waals surface area contributed by atoms with Gasteiger partial charge in [0.2, 0.25) is 0 Å². The summed E-state index contributed by atoms with van der Waals surface area (Å²) in [6.45, 7) is 7.73. The summed E-state index contributed by atoms with van der Waals surface area (Å²) in [5, 5.41) is 0. The molecule has 0 aliphatic carbocycles. The second-order valence-electron chi connectivity index (χ2n) is 5.29. The van der Waals surface area contributed by atoms with Crippen LogP contribution in [0.3, 0.4) is 0 Å². The highest BCUT2D eigenvalue weighted by atomic mass is 15.2. The maximum absolute atomic E-state index is 2.73. The van der Waals surface area contributed by atoms with E-state index in [2.05, 4.69) is 23.8 Å². The highest BCUT2D eigenvalue weighted by molar-refractivity contribution is 4.82. The van der Waals surface area contributed by atoms with Crippen LogP contribution in [0.2, 0.25) is 0 Å². The smallest absolute Gasteiger partial charge is 0.0110 e. The van der Waals surface area contributed by atoms with Crippen molar-refractivity contribution in [2.24, 2.45) is 5.92 Å². The molecule has 2 heterocycles. The standard InChI is InChI=1S/C12H24N2/c1-11-9-12(5-8-13(2)10-11)14-6-3-4-7-14/h11-12H,3-10H2,1-2H3. The zero-order valence-corrected chi connectivity index (χ0v) is 9.71. The quantitative estimate of drug-likeness (QED) is 0.631. The molecule has 0 bridgehead atoms. The Morgan fingerprint density at radius 2 is 1.79 bits per heavy atom. The highest BCUT2D eigenvalue weighted by Gasteiger charge is 2.26. The van der Waals surface area contributed by atoms with Crippen LogP contribution in [0.25, 0.3) is 0 Å². The second kappa shape index (κ2) is 4.63. The molecule has 2 heteroatoms. The Morgan fingerprint density at radius 1 is 1.07 bits per heavy atom. The maximum Gasteiger partial charge on any atom is 0.0110 e. The minimum Gasteiger partial charge on any atom is -0.306 e. The van der Waals surface area contributed by atoms with Crippen LogP contribution >= 0.6 is 0 Å². The van der Waals surface area contributed by atoms with Crippen molar-refractivity contribution < 1.29 is 0 Å². The Morgan fingerprint density at radius 3 is 2.50 bits per heavy atom. The zero-order chi connectivity index (χ0) is 9.97. The van der Waals surface area contributed by atoms with Crippen molar-refractivity contribution in [2.75, 3.05) is 33.2 Å². The first-order chi connectivity index (χ1) is 6.75. The highest BCUT2D eigenvalue weighted by Crippen LogP contribution is 2.23. The largest absolute Gasteiger partial charge is 0.306 e. The van der Waals surface area contributed by atoms with Crippen molar-refractivity contribution in [3.05, 3.63) is 0 Å². The van der Waals surface area contributed by atoms with Crippen molar-refractivity contribution in [3.63, 3.8) is 0 Å². The number of rotatable bonds is 1. The van der Waals surface area contributed by atoms with E-state index in [9.17, 15) is 0 Å². The Labute approximate surface area is 88.3 Å². The maximum atomic E-state index is 2.73. The van der Waals surface area contributed by atoms with Gasteiger partial charge in [0.15, 0.2) is 0 Å². The molecule has 0 aromatic carbocycles. The van der Waals surface area contributed by atoms with Crippen LogP contribution in [-0.4, -0.2) is 49.1 Å². The van der Waals surface area contributed by atoms with Gasteiger partial charge in [0.1, 0.15) is 0 Å². The van der Waals surface area contributed by atoms with Gasteiger partial charge in [-0.1, -0.05) is 6.92 Å². The van der Waals surface area contributed by atoms with E-state index in [0.29, 0.717) is 0 Å². The van der Waals surface area contributed by atoms with Gasteiger partial charge in [0.25, 0.3) is 0 Å². The Balaban J connectivity index is 1.90. The van der Waals surface area contributed by atoms with Crippen LogP contribution in [0.15, 0.2) is 0 Å². The molecular formula is C12H24N2. The van der Waals surface area contributed by atoms with Gasteiger partial charge in [-0.25, -0.2) is 0 Å². The molecule has 2 unspecified atom stereocenters. The summed E-state index contributed by atoms with van der Waals surface area (Å²) in [5.41, 5.74) is 0. The fourth-order valence-electron chi connectivity index (χ4n) is 3.09. The summed E-state index contributed by atoms with van der Waals surface area (Å²) >= 11 is 0. The van der Waals surface area contributed by atoms with Gasteiger partial charge < -0.3 is 9.80 Å². The molecule has 0 N–H and O–H groups in total. The van der Waals surface area contributed by atoms with Gasteiger partial charge in [-0.15, -0.1) is 0 Å². The van der Waals surface area contributed by atoms with E-state index in [4.69, 9.17) is 0 Å². The number of hydrogen-bond donors (Lipinski definition) is 0. The van der Waals surface area contributed by atoms with Crippen LogP contribution in [0.5, 0.6) is 0 Å². The Bertz CT molecular complexity index is 175. The summed E-state index contributed by atoms with van der Waals surface area (Å²) in [6, 6.07) is 0.887. The second-order valence-corrected chi connectivity index (χ2v) is 5.29. The lowest BCUT2D eigenvalue weighted by Gasteiger charge is -2.27. The Hall–Kier alpha value is -0.0800. The van der Waals surface area contributed by atoms with Gasteiger partial charge >= 0.3 is 0 Å². The monoisotopic (exact) mass is 196 g/mol. The SMILES string of the molecule is CC1CC(N2CCCC2)CCN(C)C1. The van der Waals surface area contributed by atoms with Crippen LogP contribution in [-0.2, 0) is 0 Å². The zero-order valence-electron chi connectivity index (χ0n) is 9.71. The lowest BCUT2D eigenvalue weighted by molar-refractivity contribution is 0.211. The van der Waals surface area contributed by atoms with E-state index in [1.807, 2.05) is 0 Å². The summed E-state index contributed by atoms with van der Waals surface area (Å²) in [7, 11) is 2.27. The average Bonchev–Trinajstić information content (AvgIpc) is 2.59. The molecule has 2 fully saturated rings. The van der Waals surface area contributed by atoms with E-state index in [1.54, 1.807) is 0 Å². The summed E-state index contributed by atoms with van der Waals surface area (Å²) in [6.07, 6.45) is 5.67. The molecule has 2 aliphatic heterocycles. The van der Waals surface area contributed by atoms with Crippen LogP contribution in [0.1, 0.15) is 32.6 Å². The lowest BCUT2D eigenvalue weighted by atomic mass is 10.0. The van der Waals surface area contributed by atoms with Crippen molar-refractivity contribution >= 4 is 0 Å². The molecule has 0 amide bonds. The molecule has 0 aromatic rings. The van der Waals surface area contributed by atoms with Crippen molar-refractivity contribution in [2.45, 2.75) is 38.6 Å². The third-order valence-electron chi connectivity index (χ3n) is 3.80. The third kappa shape index (κ3) is 2.48. The molecule has 2 atom stereocenters. The molecule has 0 saturated carbocycles. The molecule has 0 spiro atoms. The number of hydrogen-bond acceptors (Lipinski definition) is 2. The molecular weight excluding hydrogens is 172 g/mol. The predicted octanol–water partition coefficient (Wildman–Crippen LogP) is 1.81. The van der Waals surface area contributed by atoms with Gasteiger partial charge in [0.05, 0.1) is 0 Å². The summed E-state index contributed by atoms with van der Waals surface area (Å²) in [4.78, 5) is 5.23. The third-order valence-corrected chi connectivity index (χ3v) is 3.80. The van der Waals surface area contributed by atoms with E-state index >= 15 is 0 Å². The minimum absolute atomic E-state index is 0.882. The predicted molar refractivity (Wildman–Crippen MR) is 60.5 cm³/mol. The van der Waals surface area contributed by atoms with Crippen molar-refractivity contribution in [1.82, 2.24) is 9.80 Å². The van der Waals surface area contributed by atoms with Gasteiger partial charge in [0, 0.05) is 12.6 Å².